The van der Waals surface area contributed by atoms with E-state index in [-0.39, 0.29) is 6.61 Å². The number of nitrogens with zero attached hydrogens (tertiary/aromatic N) is 1. The summed E-state index contributed by atoms with van der Waals surface area (Å²) in [6.07, 6.45) is 0. The van der Waals surface area contributed by atoms with E-state index in [9.17, 15) is 0 Å². The van der Waals surface area contributed by atoms with Gasteiger partial charge in [0.2, 0.25) is 11.6 Å². The van der Waals surface area contributed by atoms with Gasteiger partial charge in [0.1, 0.15) is 0 Å². The van der Waals surface area contributed by atoms with Crippen molar-refractivity contribution in [1.29, 1.82) is 0 Å². The maximum atomic E-state index is 9.06. The van der Waals surface area contributed by atoms with E-state index in [1.165, 1.54) is 0 Å². The molecule has 1 N–H and O–H groups in total. The Hall–Kier alpha value is -2.27. The number of aromatic nitrogens is 1. The smallest absolute Gasteiger partial charge is 0.219 e. The summed E-state index contributed by atoms with van der Waals surface area (Å²) >= 11 is 0. The van der Waals surface area contributed by atoms with Gasteiger partial charge in [0.25, 0.3) is 0 Å². The Morgan fingerprint density at radius 2 is 1.63 bits per heavy atom. The van der Waals surface area contributed by atoms with Crippen molar-refractivity contribution in [2.45, 2.75) is 6.61 Å². The molecule has 2 aromatic rings. The Balaban J connectivity index is 2.36. The molecule has 0 fully saturated rings. The zero-order valence-electron chi connectivity index (χ0n) is 10.8. The summed E-state index contributed by atoms with van der Waals surface area (Å²) in [6.45, 7) is -0.139. The number of hydrogen-bond acceptors (Lipinski definition) is 5. The van der Waals surface area contributed by atoms with Gasteiger partial charge in [-0.15, -0.1) is 0 Å². The molecular formula is C14H15NO4. The Morgan fingerprint density at radius 1 is 1.00 bits per heavy atom. The topological polar surface area (TPSA) is 60.8 Å². The van der Waals surface area contributed by atoms with Gasteiger partial charge < -0.3 is 19.3 Å². The number of rotatable bonds is 5. The zero-order chi connectivity index (χ0) is 13.7. The lowest BCUT2D eigenvalue weighted by Crippen LogP contribution is -1.97. The van der Waals surface area contributed by atoms with Crippen LogP contribution in [0.25, 0.3) is 0 Å². The van der Waals surface area contributed by atoms with Gasteiger partial charge in [-0.05, 0) is 18.2 Å². The number of ether oxygens (including phenoxy) is 3. The van der Waals surface area contributed by atoms with Crippen LogP contribution in [0, 0.1) is 0 Å². The number of aliphatic hydroxyl groups is 1. The van der Waals surface area contributed by atoms with Crippen LogP contribution in [0.15, 0.2) is 36.4 Å². The van der Waals surface area contributed by atoms with Crippen LogP contribution >= 0.6 is 0 Å². The zero-order valence-corrected chi connectivity index (χ0v) is 10.8. The summed E-state index contributed by atoms with van der Waals surface area (Å²) in [6, 6.07) is 10.5. The van der Waals surface area contributed by atoms with Gasteiger partial charge in [0, 0.05) is 6.07 Å². The molecule has 1 aromatic heterocycles. The fourth-order valence-electron chi connectivity index (χ4n) is 1.62. The number of hydrogen-bond donors (Lipinski definition) is 1. The second kappa shape index (κ2) is 6.06. The molecule has 2 rings (SSSR count). The average Bonchev–Trinajstić information content (AvgIpc) is 2.47. The second-order valence-electron chi connectivity index (χ2n) is 3.72. The minimum Gasteiger partial charge on any atom is -0.493 e. The monoisotopic (exact) mass is 261 g/mol. The summed E-state index contributed by atoms with van der Waals surface area (Å²) in [5.74, 6) is 1.93. The molecule has 0 aliphatic carbocycles. The molecule has 5 nitrogen and oxygen atoms in total. The summed E-state index contributed by atoms with van der Waals surface area (Å²) in [5.41, 5.74) is 0.534. The molecule has 0 spiro atoms. The summed E-state index contributed by atoms with van der Waals surface area (Å²) < 4.78 is 16.2. The molecule has 0 atom stereocenters. The quantitative estimate of drug-likeness (QED) is 0.895. The van der Waals surface area contributed by atoms with E-state index in [1.807, 2.05) is 6.07 Å². The highest BCUT2D eigenvalue weighted by molar-refractivity contribution is 5.52. The highest BCUT2D eigenvalue weighted by Crippen LogP contribution is 2.39. The number of para-hydroxylation sites is 1. The van der Waals surface area contributed by atoms with Crippen LogP contribution in [-0.2, 0) is 6.61 Å². The maximum absolute atomic E-state index is 9.06. The van der Waals surface area contributed by atoms with Gasteiger partial charge in [-0.3, -0.25) is 0 Å². The number of methoxy groups -OCH3 is 2. The Bertz CT molecular complexity index is 535. The molecule has 0 aliphatic rings. The summed E-state index contributed by atoms with van der Waals surface area (Å²) in [4.78, 5) is 4.15. The van der Waals surface area contributed by atoms with Crippen molar-refractivity contribution < 1.29 is 19.3 Å². The van der Waals surface area contributed by atoms with Crippen molar-refractivity contribution in [3.63, 3.8) is 0 Å². The second-order valence-corrected chi connectivity index (χ2v) is 3.72. The lowest BCUT2D eigenvalue weighted by atomic mass is 10.3. The third kappa shape index (κ3) is 2.95. The molecule has 5 heteroatoms. The SMILES string of the molecule is COc1cccc(OC)c1Oc1cccc(CO)n1. The molecule has 1 heterocycles. The van der Waals surface area contributed by atoms with Crippen LogP contribution in [0.5, 0.6) is 23.1 Å². The Kier molecular flexibility index (Phi) is 4.20. The van der Waals surface area contributed by atoms with Gasteiger partial charge in [0.15, 0.2) is 11.5 Å². The lowest BCUT2D eigenvalue weighted by Gasteiger charge is -2.13. The molecule has 0 saturated heterocycles. The van der Waals surface area contributed by atoms with Crippen LogP contribution in [0.4, 0.5) is 0 Å². The van der Waals surface area contributed by atoms with E-state index in [0.29, 0.717) is 28.8 Å². The van der Waals surface area contributed by atoms with E-state index < -0.39 is 0 Å². The molecule has 0 bridgehead atoms. The van der Waals surface area contributed by atoms with Gasteiger partial charge in [0.05, 0.1) is 26.5 Å². The lowest BCUT2D eigenvalue weighted by molar-refractivity contribution is 0.274. The third-order valence-electron chi connectivity index (χ3n) is 2.53. The van der Waals surface area contributed by atoms with E-state index in [4.69, 9.17) is 19.3 Å². The number of aliphatic hydroxyl groups excluding tert-OH is 1. The Labute approximate surface area is 111 Å². The first-order valence-corrected chi connectivity index (χ1v) is 5.74. The largest absolute Gasteiger partial charge is 0.493 e. The van der Waals surface area contributed by atoms with Gasteiger partial charge in [-0.1, -0.05) is 12.1 Å². The predicted molar refractivity (Wildman–Crippen MR) is 69.8 cm³/mol. The average molecular weight is 261 g/mol. The van der Waals surface area contributed by atoms with Crippen LogP contribution in [0.1, 0.15) is 5.69 Å². The van der Waals surface area contributed by atoms with Crippen LogP contribution in [-0.4, -0.2) is 24.3 Å². The van der Waals surface area contributed by atoms with Crippen molar-refractivity contribution in [1.82, 2.24) is 4.98 Å². The van der Waals surface area contributed by atoms with E-state index in [0.717, 1.165) is 0 Å². The van der Waals surface area contributed by atoms with E-state index in [1.54, 1.807) is 44.6 Å². The van der Waals surface area contributed by atoms with Crippen molar-refractivity contribution in [3.8, 4) is 23.1 Å². The third-order valence-corrected chi connectivity index (χ3v) is 2.53. The van der Waals surface area contributed by atoms with Gasteiger partial charge in [-0.25, -0.2) is 4.98 Å². The highest BCUT2D eigenvalue weighted by Gasteiger charge is 2.13. The molecule has 0 radical (unpaired) electrons. The minimum atomic E-state index is -0.139. The fraction of sp³-hybridized carbons (Fsp3) is 0.214. The van der Waals surface area contributed by atoms with Gasteiger partial charge in [-0.2, -0.15) is 0 Å². The van der Waals surface area contributed by atoms with Crippen LogP contribution in [0.3, 0.4) is 0 Å². The maximum Gasteiger partial charge on any atom is 0.219 e. The highest BCUT2D eigenvalue weighted by atomic mass is 16.5. The summed E-state index contributed by atoms with van der Waals surface area (Å²) in [7, 11) is 3.11. The summed E-state index contributed by atoms with van der Waals surface area (Å²) in [5, 5.41) is 9.06. The molecule has 0 saturated carbocycles. The molecule has 1 aromatic carbocycles. The number of benzene rings is 1. The fourth-order valence-corrected chi connectivity index (χ4v) is 1.62. The van der Waals surface area contributed by atoms with E-state index >= 15 is 0 Å². The van der Waals surface area contributed by atoms with Crippen LogP contribution in [0.2, 0.25) is 0 Å². The normalized spacial score (nSPS) is 10.1. The van der Waals surface area contributed by atoms with Crippen molar-refractivity contribution in [2.24, 2.45) is 0 Å². The molecule has 100 valence electrons. The van der Waals surface area contributed by atoms with Gasteiger partial charge >= 0.3 is 0 Å². The standard InChI is InChI=1S/C14H15NO4/c1-17-11-6-4-7-12(18-2)14(11)19-13-8-3-5-10(9-16)15-13/h3-8,16H,9H2,1-2H3. The minimum absolute atomic E-state index is 0.139. The van der Waals surface area contributed by atoms with Crippen molar-refractivity contribution >= 4 is 0 Å². The first-order chi connectivity index (χ1) is 9.28. The molecule has 19 heavy (non-hydrogen) atoms. The Morgan fingerprint density at radius 3 is 2.21 bits per heavy atom. The first-order valence-electron chi connectivity index (χ1n) is 5.74. The molecule has 0 unspecified atom stereocenters. The van der Waals surface area contributed by atoms with Crippen molar-refractivity contribution in [2.75, 3.05) is 14.2 Å². The molecule has 0 aliphatic heterocycles. The first kappa shape index (κ1) is 13.2. The molecular weight excluding hydrogens is 246 g/mol. The van der Waals surface area contributed by atoms with Crippen LogP contribution < -0.4 is 14.2 Å². The predicted octanol–water partition coefficient (Wildman–Crippen LogP) is 2.38. The van der Waals surface area contributed by atoms with Crippen molar-refractivity contribution in [3.05, 3.63) is 42.1 Å². The molecule has 0 amide bonds. The van der Waals surface area contributed by atoms with E-state index in [2.05, 4.69) is 4.98 Å². The number of pyridine rings is 1.